The number of nitrogens with one attached hydrogen (secondary N) is 1. The maximum absolute atomic E-state index is 13.6. The van der Waals surface area contributed by atoms with Crippen LogP contribution in [-0.2, 0) is 22.1 Å². The number of pyridine rings is 1. The molecule has 0 aliphatic carbocycles. The van der Waals surface area contributed by atoms with E-state index in [1.54, 1.807) is 31.7 Å². The highest BCUT2D eigenvalue weighted by atomic mass is 32.2. The van der Waals surface area contributed by atoms with Gasteiger partial charge in [0.1, 0.15) is 11.6 Å². The number of rotatable bonds is 9. The van der Waals surface area contributed by atoms with Crippen LogP contribution in [0.15, 0.2) is 78.1 Å². The second-order valence-electron chi connectivity index (χ2n) is 7.90. The summed E-state index contributed by atoms with van der Waals surface area (Å²) in [6, 6.07) is 20.2. The lowest BCUT2D eigenvalue weighted by Gasteiger charge is -2.16. The van der Waals surface area contributed by atoms with Crippen molar-refractivity contribution in [2.24, 2.45) is 0 Å². The summed E-state index contributed by atoms with van der Waals surface area (Å²) >= 11 is 0. The Morgan fingerprint density at radius 3 is 2.50 bits per heavy atom. The van der Waals surface area contributed by atoms with Crippen molar-refractivity contribution in [3.05, 3.63) is 84.3 Å². The highest BCUT2D eigenvalue weighted by Crippen LogP contribution is 2.35. The van der Waals surface area contributed by atoms with Gasteiger partial charge in [0.2, 0.25) is 0 Å². The van der Waals surface area contributed by atoms with Crippen molar-refractivity contribution in [2.75, 3.05) is 25.3 Å². The van der Waals surface area contributed by atoms with Crippen molar-refractivity contribution in [3.63, 3.8) is 0 Å². The zero-order chi connectivity index (χ0) is 24.1. The molecule has 0 saturated heterocycles. The van der Waals surface area contributed by atoms with E-state index in [9.17, 15) is 8.60 Å². The lowest BCUT2D eigenvalue weighted by Crippen LogP contribution is -2.11. The molecule has 4 aromatic rings. The van der Waals surface area contributed by atoms with E-state index >= 15 is 0 Å². The molecule has 8 heteroatoms. The van der Waals surface area contributed by atoms with E-state index in [4.69, 9.17) is 9.72 Å². The van der Waals surface area contributed by atoms with Gasteiger partial charge in [0.25, 0.3) is 0 Å². The zero-order valence-electron chi connectivity index (χ0n) is 19.4. The molecular weight excluding hydrogens is 451 g/mol. The van der Waals surface area contributed by atoms with E-state index in [0.717, 1.165) is 22.4 Å². The summed E-state index contributed by atoms with van der Waals surface area (Å²) in [7, 11) is 0.291. The van der Waals surface area contributed by atoms with E-state index in [2.05, 4.69) is 29.4 Å². The monoisotopic (exact) mass is 478 g/mol. The Labute approximate surface area is 201 Å². The maximum Gasteiger partial charge on any atom is 0.199 e. The van der Waals surface area contributed by atoms with Crippen molar-refractivity contribution in [1.29, 1.82) is 0 Å². The van der Waals surface area contributed by atoms with Crippen LogP contribution in [-0.4, -0.2) is 38.7 Å². The number of nitrogens with zero attached hydrogens (tertiary/aromatic N) is 3. The van der Waals surface area contributed by atoms with Crippen LogP contribution in [0.3, 0.4) is 0 Å². The quantitative estimate of drug-likeness (QED) is 0.353. The fourth-order valence-corrected chi connectivity index (χ4v) is 4.56. The molecule has 34 heavy (non-hydrogen) atoms. The first kappa shape index (κ1) is 23.8. The van der Waals surface area contributed by atoms with Crippen LogP contribution in [0.4, 0.5) is 10.2 Å². The molecule has 0 bridgehead atoms. The molecule has 0 aliphatic heterocycles. The van der Waals surface area contributed by atoms with E-state index in [1.165, 1.54) is 12.1 Å². The van der Waals surface area contributed by atoms with Crippen molar-refractivity contribution in [2.45, 2.75) is 24.7 Å². The molecule has 0 fully saturated rings. The van der Waals surface area contributed by atoms with Gasteiger partial charge in [-0.25, -0.2) is 14.4 Å². The fourth-order valence-electron chi connectivity index (χ4n) is 3.85. The largest absolute Gasteiger partial charge is 0.383 e. The molecule has 2 heterocycles. The molecule has 176 valence electrons. The molecule has 1 N–H and O–H groups in total. The Bertz CT molecular complexity index is 1280. The minimum Gasteiger partial charge on any atom is -0.383 e. The second kappa shape index (κ2) is 10.7. The van der Waals surface area contributed by atoms with Gasteiger partial charge in [-0.15, -0.1) is 0 Å². The minimum atomic E-state index is -1.33. The summed E-state index contributed by atoms with van der Waals surface area (Å²) < 4.78 is 33.4. The smallest absolute Gasteiger partial charge is 0.199 e. The SMILES string of the molecule is COCCn1c(S(C)=O)nc(-c2ccc(F)cc2)c1-c1ccnc(NC(C)c2ccccc2)c1. The fraction of sp³-hybridized carbons (Fsp3) is 0.231. The van der Waals surface area contributed by atoms with Gasteiger partial charge in [0.15, 0.2) is 5.16 Å². The summed E-state index contributed by atoms with van der Waals surface area (Å²) in [6.07, 6.45) is 3.34. The third-order valence-electron chi connectivity index (χ3n) is 5.52. The summed E-state index contributed by atoms with van der Waals surface area (Å²) in [5.74, 6) is 0.381. The Hall–Kier alpha value is -3.36. The number of halogens is 1. The normalized spacial score (nSPS) is 12.9. The zero-order valence-corrected chi connectivity index (χ0v) is 20.2. The number of anilines is 1. The predicted octanol–water partition coefficient (Wildman–Crippen LogP) is 5.31. The average Bonchev–Trinajstić information content (AvgIpc) is 3.23. The predicted molar refractivity (Wildman–Crippen MR) is 134 cm³/mol. The van der Waals surface area contributed by atoms with Gasteiger partial charge in [-0.3, -0.25) is 4.21 Å². The lowest BCUT2D eigenvalue weighted by molar-refractivity contribution is 0.185. The Morgan fingerprint density at radius 1 is 1.09 bits per heavy atom. The third-order valence-corrected chi connectivity index (χ3v) is 6.35. The maximum atomic E-state index is 13.6. The molecule has 0 spiro atoms. The average molecular weight is 479 g/mol. The van der Waals surface area contributed by atoms with Crippen LogP contribution in [0, 0.1) is 5.82 Å². The number of imidazole rings is 1. The van der Waals surface area contributed by atoms with E-state index in [-0.39, 0.29) is 11.9 Å². The number of hydrogen-bond acceptors (Lipinski definition) is 5. The summed E-state index contributed by atoms with van der Waals surface area (Å²) in [5.41, 5.74) is 4.16. The second-order valence-corrected chi connectivity index (χ2v) is 9.18. The van der Waals surface area contributed by atoms with Gasteiger partial charge < -0.3 is 14.6 Å². The van der Waals surface area contributed by atoms with E-state index < -0.39 is 10.8 Å². The highest BCUT2D eigenvalue weighted by molar-refractivity contribution is 7.84. The molecule has 0 saturated carbocycles. The van der Waals surface area contributed by atoms with Gasteiger partial charge in [0, 0.05) is 43.3 Å². The molecule has 4 rings (SSSR count). The Kier molecular flexibility index (Phi) is 7.49. The number of hydrogen-bond donors (Lipinski definition) is 1. The van der Waals surface area contributed by atoms with Crippen molar-refractivity contribution in [3.8, 4) is 22.5 Å². The van der Waals surface area contributed by atoms with Crippen molar-refractivity contribution >= 4 is 16.6 Å². The number of benzene rings is 2. The first-order valence-electron chi connectivity index (χ1n) is 10.9. The standard InChI is InChI=1S/C26H27FN4O2S/c1-18(19-7-5-4-6-8-19)29-23-17-21(13-14-28-23)25-24(20-9-11-22(27)12-10-20)30-26(34(3)32)31(25)15-16-33-2/h4-14,17-18H,15-16H2,1-3H3,(H,28,29). The molecule has 2 atom stereocenters. The van der Waals surface area contributed by atoms with Crippen LogP contribution < -0.4 is 5.32 Å². The topological polar surface area (TPSA) is 69.0 Å². The Balaban J connectivity index is 1.81. The van der Waals surface area contributed by atoms with Gasteiger partial charge in [-0.2, -0.15) is 0 Å². The van der Waals surface area contributed by atoms with Crippen LogP contribution >= 0.6 is 0 Å². The van der Waals surface area contributed by atoms with Gasteiger partial charge in [-0.05, 0) is 48.9 Å². The third kappa shape index (κ3) is 5.24. The van der Waals surface area contributed by atoms with Gasteiger partial charge >= 0.3 is 0 Å². The summed E-state index contributed by atoms with van der Waals surface area (Å²) in [6.45, 7) is 2.98. The highest BCUT2D eigenvalue weighted by Gasteiger charge is 2.22. The van der Waals surface area contributed by atoms with E-state index in [0.29, 0.717) is 29.8 Å². The van der Waals surface area contributed by atoms with Crippen LogP contribution in [0.25, 0.3) is 22.5 Å². The number of methoxy groups -OCH3 is 1. The molecule has 0 amide bonds. The minimum absolute atomic E-state index is 0.0534. The number of aromatic nitrogens is 3. The number of ether oxygens (including phenoxy) is 1. The summed E-state index contributed by atoms with van der Waals surface area (Å²) in [4.78, 5) is 9.22. The molecule has 0 aliphatic rings. The molecule has 6 nitrogen and oxygen atoms in total. The van der Waals surface area contributed by atoms with Crippen LogP contribution in [0.2, 0.25) is 0 Å². The molecule has 2 aromatic carbocycles. The van der Waals surface area contributed by atoms with E-state index in [1.807, 2.05) is 34.9 Å². The van der Waals surface area contributed by atoms with Gasteiger partial charge in [-0.1, -0.05) is 30.3 Å². The van der Waals surface area contributed by atoms with Crippen molar-refractivity contribution in [1.82, 2.24) is 14.5 Å². The first-order valence-corrected chi connectivity index (χ1v) is 12.5. The van der Waals surface area contributed by atoms with Crippen molar-refractivity contribution < 1.29 is 13.3 Å². The molecule has 2 aromatic heterocycles. The first-order chi connectivity index (χ1) is 16.5. The molecular formula is C26H27FN4O2S. The Morgan fingerprint density at radius 2 is 1.82 bits per heavy atom. The molecule has 2 unspecified atom stereocenters. The van der Waals surface area contributed by atoms with Gasteiger partial charge in [0.05, 0.1) is 28.8 Å². The van der Waals surface area contributed by atoms with Crippen LogP contribution in [0.1, 0.15) is 18.5 Å². The lowest BCUT2D eigenvalue weighted by atomic mass is 10.0. The molecule has 0 radical (unpaired) electrons. The summed E-state index contributed by atoms with van der Waals surface area (Å²) in [5, 5.41) is 3.89. The van der Waals surface area contributed by atoms with Crippen LogP contribution in [0.5, 0.6) is 0 Å².